The highest BCUT2D eigenvalue weighted by Gasteiger charge is 2.18. The van der Waals surface area contributed by atoms with Gasteiger partial charge in [0.25, 0.3) is 10.1 Å². The van der Waals surface area contributed by atoms with Crippen LogP contribution in [-0.2, 0) is 10.1 Å². The highest BCUT2D eigenvalue weighted by molar-refractivity contribution is 7.86. The first-order valence-corrected chi connectivity index (χ1v) is 7.41. The second kappa shape index (κ2) is 6.42. The number of methoxy groups -OCH3 is 1. The van der Waals surface area contributed by atoms with Crippen molar-refractivity contribution >= 4 is 27.4 Å². The van der Waals surface area contributed by atoms with Crippen LogP contribution in [0, 0.1) is 6.92 Å². The van der Waals surface area contributed by atoms with Crippen LogP contribution in [0.1, 0.15) is 5.56 Å². The molecule has 0 radical (unpaired) electrons. The molecule has 19 heavy (non-hydrogen) atoms. The molecule has 0 aliphatic rings. The summed E-state index contributed by atoms with van der Waals surface area (Å²) < 4.78 is 36.4. The Labute approximate surface area is 117 Å². The van der Waals surface area contributed by atoms with E-state index in [0.717, 1.165) is 0 Å². The largest absolute Gasteiger partial charge is 0.495 e. The zero-order valence-electron chi connectivity index (χ0n) is 10.6. The Balaban J connectivity index is 3.10. The van der Waals surface area contributed by atoms with E-state index < -0.39 is 16.2 Å². The Morgan fingerprint density at radius 2 is 2.11 bits per heavy atom. The SMILES string of the molecule is COc1cc(NCC(O)CCl)c(C)cc1S(=O)(=O)O. The third-order valence-corrected chi connectivity index (χ3v) is 3.73. The fraction of sp³-hybridized carbons (Fsp3) is 0.455. The number of ether oxygens (including phenoxy) is 1. The minimum Gasteiger partial charge on any atom is -0.495 e. The lowest BCUT2D eigenvalue weighted by molar-refractivity contribution is 0.211. The summed E-state index contributed by atoms with van der Waals surface area (Å²) in [6, 6.07) is 2.74. The van der Waals surface area contributed by atoms with E-state index in [2.05, 4.69) is 5.32 Å². The Morgan fingerprint density at radius 1 is 1.47 bits per heavy atom. The van der Waals surface area contributed by atoms with Gasteiger partial charge >= 0.3 is 0 Å². The first kappa shape index (κ1) is 16.0. The number of aryl methyl sites for hydroxylation is 1. The molecule has 0 amide bonds. The van der Waals surface area contributed by atoms with Gasteiger partial charge in [-0.3, -0.25) is 4.55 Å². The van der Waals surface area contributed by atoms with Gasteiger partial charge in [-0.05, 0) is 18.6 Å². The number of alkyl halides is 1. The molecule has 0 saturated heterocycles. The zero-order chi connectivity index (χ0) is 14.6. The molecule has 8 heteroatoms. The molecule has 0 fully saturated rings. The Hall–Kier alpha value is -1.02. The van der Waals surface area contributed by atoms with Gasteiger partial charge in [0.15, 0.2) is 0 Å². The van der Waals surface area contributed by atoms with Crippen molar-refractivity contribution in [3.05, 3.63) is 17.7 Å². The number of hydrogen-bond acceptors (Lipinski definition) is 5. The summed E-state index contributed by atoms with van der Waals surface area (Å²) in [7, 11) is -3.04. The van der Waals surface area contributed by atoms with Gasteiger partial charge in [-0.15, -0.1) is 11.6 Å². The number of halogens is 1. The van der Waals surface area contributed by atoms with Gasteiger partial charge in [0.1, 0.15) is 10.6 Å². The fourth-order valence-electron chi connectivity index (χ4n) is 1.50. The first-order chi connectivity index (χ1) is 8.79. The molecule has 1 unspecified atom stereocenters. The quantitative estimate of drug-likeness (QED) is 0.541. The smallest absolute Gasteiger partial charge is 0.298 e. The standard InChI is InChI=1S/C11H16ClNO5S/c1-7-3-11(19(15,16)17)10(18-2)4-9(7)13-6-8(14)5-12/h3-4,8,13-14H,5-6H2,1-2H3,(H,15,16,17). The average Bonchev–Trinajstić information content (AvgIpc) is 2.35. The molecule has 1 rings (SSSR count). The van der Waals surface area contributed by atoms with Crippen molar-refractivity contribution in [2.45, 2.75) is 17.9 Å². The summed E-state index contributed by atoms with van der Waals surface area (Å²) in [5.41, 5.74) is 1.18. The number of nitrogens with one attached hydrogen (secondary N) is 1. The number of anilines is 1. The molecule has 1 atom stereocenters. The lowest BCUT2D eigenvalue weighted by atomic mass is 10.2. The Kier molecular flexibility index (Phi) is 5.42. The molecular formula is C11H16ClNO5S. The van der Waals surface area contributed by atoms with Gasteiger partial charge in [-0.25, -0.2) is 0 Å². The van der Waals surface area contributed by atoms with E-state index in [1.165, 1.54) is 19.2 Å². The van der Waals surface area contributed by atoms with Crippen LogP contribution in [-0.4, -0.2) is 43.7 Å². The maximum atomic E-state index is 11.2. The summed E-state index contributed by atoms with van der Waals surface area (Å²) in [6.07, 6.45) is -0.715. The fourth-order valence-corrected chi connectivity index (χ4v) is 2.33. The average molecular weight is 310 g/mol. The molecule has 6 nitrogen and oxygen atoms in total. The predicted molar refractivity (Wildman–Crippen MR) is 72.8 cm³/mol. The molecule has 0 saturated carbocycles. The highest BCUT2D eigenvalue weighted by Crippen LogP contribution is 2.30. The monoisotopic (exact) mass is 309 g/mol. The van der Waals surface area contributed by atoms with Crippen LogP contribution in [0.25, 0.3) is 0 Å². The van der Waals surface area contributed by atoms with Gasteiger partial charge in [0.2, 0.25) is 0 Å². The van der Waals surface area contributed by atoms with Crippen molar-refractivity contribution in [3.8, 4) is 5.75 Å². The van der Waals surface area contributed by atoms with Gasteiger partial charge in [-0.1, -0.05) is 0 Å². The van der Waals surface area contributed by atoms with Crippen molar-refractivity contribution in [2.24, 2.45) is 0 Å². The van der Waals surface area contributed by atoms with Gasteiger partial charge in [0, 0.05) is 18.3 Å². The van der Waals surface area contributed by atoms with E-state index in [-0.39, 0.29) is 23.1 Å². The third kappa shape index (κ3) is 4.24. The van der Waals surface area contributed by atoms with Crippen molar-refractivity contribution in [3.63, 3.8) is 0 Å². The summed E-state index contributed by atoms with van der Waals surface area (Å²) in [5, 5.41) is 12.3. The topological polar surface area (TPSA) is 95.9 Å². The van der Waals surface area contributed by atoms with Crippen molar-refractivity contribution in [2.75, 3.05) is 24.9 Å². The molecule has 0 bridgehead atoms. The van der Waals surface area contributed by atoms with E-state index in [9.17, 15) is 13.5 Å². The predicted octanol–water partition coefficient (Wildman–Crippen LogP) is 1.26. The summed E-state index contributed by atoms with van der Waals surface area (Å²) in [4.78, 5) is -0.295. The molecule has 0 aliphatic heterocycles. The van der Waals surface area contributed by atoms with Crippen molar-refractivity contribution in [1.29, 1.82) is 0 Å². The van der Waals surface area contributed by atoms with E-state index >= 15 is 0 Å². The molecule has 0 aromatic heterocycles. The van der Waals surface area contributed by atoms with Gasteiger partial charge in [-0.2, -0.15) is 8.42 Å². The number of aliphatic hydroxyl groups is 1. The molecule has 0 aliphatic carbocycles. The first-order valence-electron chi connectivity index (χ1n) is 5.43. The number of aliphatic hydroxyl groups excluding tert-OH is 1. The van der Waals surface area contributed by atoms with Crippen LogP contribution in [0.15, 0.2) is 17.0 Å². The van der Waals surface area contributed by atoms with Crippen LogP contribution in [0.3, 0.4) is 0 Å². The zero-order valence-corrected chi connectivity index (χ0v) is 12.1. The molecule has 1 aromatic rings. The summed E-state index contributed by atoms with van der Waals surface area (Å²) >= 11 is 5.47. The van der Waals surface area contributed by atoms with Crippen LogP contribution in [0.4, 0.5) is 5.69 Å². The molecule has 0 spiro atoms. The number of benzene rings is 1. The van der Waals surface area contributed by atoms with E-state index in [4.69, 9.17) is 20.9 Å². The second-order valence-corrected chi connectivity index (χ2v) is 5.68. The van der Waals surface area contributed by atoms with Crippen molar-refractivity contribution < 1.29 is 22.8 Å². The highest BCUT2D eigenvalue weighted by atomic mass is 35.5. The maximum Gasteiger partial charge on any atom is 0.298 e. The minimum atomic E-state index is -4.34. The third-order valence-electron chi connectivity index (χ3n) is 2.49. The minimum absolute atomic E-state index is 0.0240. The van der Waals surface area contributed by atoms with Gasteiger partial charge < -0.3 is 15.2 Å². The molecule has 108 valence electrons. The second-order valence-electron chi connectivity index (χ2n) is 3.98. The molecule has 0 heterocycles. The Bertz CT molecular complexity index is 546. The van der Waals surface area contributed by atoms with Gasteiger partial charge in [0.05, 0.1) is 19.1 Å². The summed E-state index contributed by atoms with van der Waals surface area (Å²) in [6.45, 7) is 1.89. The molecular weight excluding hydrogens is 294 g/mol. The number of hydrogen-bond donors (Lipinski definition) is 3. The Morgan fingerprint density at radius 3 is 2.58 bits per heavy atom. The van der Waals surface area contributed by atoms with Crippen LogP contribution < -0.4 is 10.1 Å². The summed E-state index contributed by atoms with van der Waals surface area (Å²) in [5.74, 6) is 0.114. The molecule has 3 N–H and O–H groups in total. The van der Waals surface area contributed by atoms with Crippen molar-refractivity contribution in [1.82, 2.24) is 0 Å². The lowest BCUT2D eigenvalue weighted by Crippen LogP contribution is -2.21. The maximum absolute atomic E-state index is 11.2. The van der Waals surface area contributed by atoms with Crippen LogP contribution in [0.5, 0.6) is 5.75 Å². The molecule has 1 aromatic carbocycles. The van der Waals surface area contributed by atoms with Crippen LogP contribution in [0.2, 0.25) is 0 Å². The lowest BCUT2D eigenvalue weighted by Gasteiger charge is -2.15. The normalized spacial score (nSPS) is 13.1. The van der Waals surface area contributed by atoms with Crippen LogP contribution >= 0.6 is 11.6 Å². The van der Waals surface area contributed by atoms with E-state index in [0.29, 0.717) is 11.3 Å². The van der Waals surface area contributed by atoms with E-state index in [1.54, 1.807) is 6.92 Å². The van der Waals surface area contributed by atoms with E-state index in [1.807, 2.05) is 0 Å². The number of rotatable bonds is 6.